The van der Waals surface area contributed by atoms with E-state index in [1.165, 1.54) is 34.9 Å². The minimum atomic E-state index is -0.292. The second-order valence-electron chi connectivity index (χ2n) is 6.17. The van der Waals surface area contributed by atoms with Crippen LogP contribution < -0.4 is 5.32 Å². The van der Waals surface area contributed by atoms with Crippen LogP contribution in [0, 0.1) is 0 Å². The highest BCUT2D eigenvalue weighted by Gasteiger charge is 2.31. The zero-order valence-electron chi connectivity index (χ0n) is 15.0. The Kier molecular flexibility index (Phi) is 7.18. The third kappa shape index (κ3) is 5.51. The summed E-state index contributed by atoms with van der Waals surface area (Å²) in [6, 6.07) is 11.6. The number of halogens is 2. The molecule has 1 aliphatic rings. The van der Waals surface area contributed by atoms with E-state index in [9.17, 15) is 14.7 Å². The molecule has 1 heterocycles. The van der Waals surface area contributed by atoms with Crippen LogP contribution in [0.1, 0.15) is 18.4 Å². The molecule has 0 saturated carbocycles. The number of nitrogens with zero attached hydrogens (tertiary/aromatic N) is 1. The van der Waals surface area contributed by atoms with E-state index >= 15 is 0 Å². The molecule has 9 heteroatoms. The molecular formula is C20H16Cl2N2O3S2. The first-order valence-electron chi connectivity index (χ1n) is 8.63. The largest absolute Gasteiger partial charge is 0.506 e. The average molecular weight is 467 g/mol. The molecule has 0 unspecified atom stereocenters. The van der Waals surface area contributed by atoms with Crippen molar-refractivity contribution in [1.82, 2.24) is 4.90 Å². The summed E-state index contributed by atoms with van der Waals surface area (Å²) in [5.74, 6) is -0.558. The maximum atomic E-state index is 12.6. The minimum absolute atomic E-state index is 0.0654. The van der Waals surface area contributed by atoms with Crippen molar-refractivity contribution in [2.24, 2.45) is 0 Å². The van der Waals surface area contributed by atoms with Gasteiger partial charge in [0.2, 0.25) is 5.91 Å². The minimum Gasteiger partial charge on any atom is -0.506 e. The van der Waals surface area contributed by atoms with Gasteiger partial charge < -0.3 is 10.4 Å². The van der Waals surface area contributed by atoms with Gasteiger partial charge in [0.25, 0.3) is 5.91 Å². The SMILES string of the molecule is O=C(CCCN1C(=O)C(=Cc2ccccc2Cl)SC1=S)Nc1cc(Cl)ccc1O. The number of thiocarbonyl (C=S) groups is 1. The molecule has 0 radical (unpaired) electrons. The Bertz CT molecular complexity index is 1010. The lowest BCUT2D eigenvalue weighted by atomic mass is 10.2. The number of hydrogen-bond donors (Lipinski definition) is 2. The number of phenolic OH excluding ortho intramolecular Hbond substituents is 1. The van der Waals surface area contributed by atoms with Crippen LogP contribution in [0.5, 0.6) is 5.75 Å². The first-order valence-corrected chi connectivity index (χ1v) is 10.6. The molecule has 2 aromatic rings. The molecule has 0 spiro atoms. The molecule has 1 fully saturated rings. The molecule has 1 saturated heterocycles. The van der Waals surface area contributed by atoms with E-state index in [-0.39, 0.29) is 29.7 Å². The first kappa shape index (κ1) is 21.6. The fraction of sp³-hybridized carbons (Fsp3) is 0.150. The van der Waals surface area contributed by atoms with Gasteiger partial charge >= 0.3 is 0 Å². The molecule has 5 nitrogen and oxygen atoms in total. The van der Waals surface area contributed by atoms with Gasteiger partial charge in [0, 0.05) is 23.0 Å². The van der Waals surface area contributed by atoms with Crippen molar-refractivity contribution in [3.63, 3.8) is 0 Å². The smallest absolute Gasteiger partial charge is 0.266 e. The van der Waals surface area contributed by atoms with Crippen LogP contribution in [0.2, 0.25) is 10.0 Å². The summed E-state index contributed by atoms with van der Waals surface area (Å²) in [5, 5.41) is 13.3. The van der Waals surface area contributed by atoms with E-state index in [1.807, 2.05) is 18.2 Å². The molecule has 0 aromatic heterocycles. The summed E-state index contributed by atoms with van der Waals surface area (Å²) < 4.78 is 0.446. The van der Waals surface area contributed by atoms with Gasteiger partial charge in [-0.15, -0.1) is 0 Å². The Morgan fingerprint density at radius 2 is 2.00 bits per heavy atom. The van der Waals surface area contributed by atoms with E-state index in [1.54, 1.807) is 12.1 Å². The number of rotatable bonds is 6. The average Bonchev–Trinajstić information content (AvgIpc) is 2.94. The van der Waals surface area contributed by atoms with E-state index in [4.69, 9.17) is 35.4 Å². The van der Waals surface area contributed by atoms with Crippen LogP contribution in [0.15, 0.2) is 47.4 Å². The highest BCUT2D eigenvalue weighted by molar-refractivity contribution is 8.26. The van der Waals surface area contributed by atoms with Crippen LogP contribution in [-0.2, 0) is 9.59 Å². The summed E-state index contributed by atoms with van der Waals surface area (Å²) in [4.78, 5) is 26.7. The number of carbonyl (C=O) groups excluding carboxylic acids is 2. The number of phenols is 1. The third-order valence-corrected chi connectivity index (χ3v) is 6.04. The number of thioether (sulfide) groups is 1. The summed E-state index contributed by atoms with van der Waals surface area (Å²) >= 11 is 18.5. The van der Waals surface area contributed by atoms with E-state index in [0.29, 0.717) is 32.2 Å². The van der Waals surface area contributed by atoms with Gasteiger partial charge in [-0.1, -0.05) is 65.4 Å². The number of anilines is 1. The lowest BCUT2D eigenvalue weighted by Gasteiger charge is -2.14. The molecular weight excluding hydrogens is 451 g/mol. The predicted octanol–water partition coefficient (Wildman–Crippen LogP) is 5.32. The summed E-state index contributed by atoms with van der Waals surface area (Å²) in [6.45, 7) is 0.319. The molecule has 0 bridgehead atoms. The van der Waals surface area contributed by atoms with Crippen molar-refractivity contribution in [3.05, 3.63) is 63.0 Å². The maximum Gasteiger partial charge on any atom is 0.266 e. The summed E-state index contributed by atoms with van der Waals surface area (Å²) in [7, 11) is 0. The van der Waals surface area contributed by atoms with Crippen LogP contribution in [-0.4, -0.2) is 32.7 Å². The molecule has 2 N–H and O–H groups in total. The molecule has 3 rings (SSSR count). The molecule has 0 aliphatic carbocycles. The number of aromatic hydroxyl groups is 1. The second-order valence-corrected chi connectivity index (χ2v) is 8.69. The lowest BCUT2D eigenvalue weighted by Crippen LogP contribution is -2.29. The highest BCUT2D eigenvalue weighted by atomic mass is 35.5. The highest BCUT2D eigenvalue weighted by Crippen LogP contribution is 2.34. The van der Waals surface area contributed by atoms with Gasteiger partial charge in [-0.25, -0.2) is 0 Å². The number of amides is 2. The van der Waals surface area contributed by atoms with Crippen LogP contribution in [0.25, 0.3) is 6.08 Å². The van der Waals surface area contributed by atoms with Gasteiger partial charge in [0.05, 0.1) is 10.6 Å². The summed E-state index contributed by atoms with van der Waals surface area (Å²) in [6.07, 6.45) is 2.29. The Hall–Kier alpha value is -2.06. The van der Waals surface area contributed by atoms with Crippen molar-refractivity contribution >= 4 is 75.1 Å². The van der Waals surface area contributed by atoms with Crippen LogP contribution >= 0.6 is 47.2 Å². The van der Waals surface area contributed by atoms with E-state index in [2.05, 4.69) is 5.32 Å². The standard InChI is InChI=1S/C20H16Cl2N2O3S2/c21-13-7-8-16(25)15(11-13)23-18(26)6-3-9-24-19(27)17(29-20(24)28)10-12-4-1-2-5-14(12)22/h1-2,4-5,7-8,10-11,25H,3,6,9H2,(H,23,26). The van der Waals surface area contributed by atoms with Gasteiger partial charge in [-0.2, -0.15) is 0 Å². The van der Waals surface area contributed by atoms with Crippen LogP contribution in [0.3, 0.4) is 0 Å². The van der Waals surface area contributed by atoms with Crippen molar-refractivity contribution in [3.8, 4) is 5.75 Å². The zero-order chi connectivity index (χ0) is 21.0. The summed E-state index contributed by atoms with van der Waals surface area (Å²) in [5.41, 5.74) is 0.992. The molecule has 1 aliphatic heterocycles. The molecule has 150 valence electrons. The third-order valence-electron chi connectivity index (χ3n) is 4.08. The number of carbonyl (C=O) groups is 2. The normalized spacial score (nSPS) is 15.2. The zero-order valence-corrected chi connectivity index (χ0v) is 18.2. The van der Waals surface area contributed by atoms with Crippen molar-refractivity contribution in [1.29, 1.82) is 0 Å². The first-order chi connectivity index (χ1) is 13.8. The van der Waals surface area contributed by atoms with Gasteiger partial charge in [0.1, 0.15) is 10.1 Å². The van der Waals surface area contributed by atoms with E-state index in [0.717, 1.165) is 5.56 Å². The maximum absolute atomic E-state index is 12.6. The van der Waals surface area contributed by atoms with Crippen molar-refractivity contribution < 1.29 is 14.7 Å². The molecule has 29 heavy (non-hydrogen) atoms. The lowest BCUT2D eigenvalue weighted by molar-refractivity contribution is -0.122. The number of hydrogen-bond acceptors (Lipinski definition) is 5. The Balaban J connectivity index is 1.56. The topological polar surface area (TPSA) is 69.6 Å². The van der Waals surface area contributed by atoms with Crippen molar-refractivity contribution in [2.45, 2.75) is 12.8 Å². The second kappa shape index (κ2) is 9.63. The molecule has 2 aromatic carbocycles. The molecule has 0 atom stereocenters. The Labute approximate surface area is 187 Å². The van der Waals surface area contributed by atoms with Gasteiger partial charge in [-0.05, 0) is 42.3 Å². The van der Waals surface area contributed by atoms with Gasteiger partial charge in [-0.3, -0.25) is 14.5 Å². The fourth-order valence-electron chi connectivity index (χ4n) is 2.64. The number of benzene rings is 2. The quantitative estimate of drug-likeness (QED) is 0.342. The monoisotopic (exact) mass is 466 g/mol. The Morgan fingerprint density at radius 1 is 1.24 bits per heavy atom. The number of nitrogens with one attached hydrogen (secondary N) is 1. The van der Waals surface area contributed by atoms with Crippen LogP contribution in [0.4, 0.5) is 5.69 Å². The van der Waals surface area contributed by atoms with Gasteiger partial charge in [0.15, 0.2) is 0 Å². The Morgan fingerprint density at radius 3 is 2.76 bits per heavy atom. The molecule has 2 amide bonds. The fourth-order valence-corrected chi connectivity index (χ4v) is 4.31. The van der Waals surface area contributed by atoms with Crippen molar-refractivity contribution in [2.75, 3.05) is 11.9 Å². The predicted molar refractivity (Wildman–Crippen MR) is 122 cm³/mol. The van der Waals surface area contributed by atoms with E-state index < -0.39 is 0 Å².